The predicted molar refractivity (Wildman–Crippen MR) is 116 cm³/mol. The quantitative estimate of drug-likeness (QED) is 0.425. The third kappa shape index (κ3) is 3.49. The van der Waals surface area contributed by atoms with Crippen molar-refractivity contribution >= 4 is 5.69 Å². The van der Waals surface area contributed by atoms with E-state index in [-0.39, 0.29) is 11.5 Å². The van der Waals surface area contributed by atoms with Crippen LogP contribution in [0.4, 0.5) is 18.9 Å². The van der Waals surface area contributed by atoms with Crippen molar-refractivity contribution in [2.45, 2.75) is 44.3 Å². The third-order valence-corrected chi connectivity index (χ3v) is 6.57. The van der Waals surface area contributed by atoms with E-state index < -0.39 is 11.7 Å². The number of halogens is 3. The molecule has 0 aromatic heterocycles. The number of fused-ring (bicyclic) bond motifs is 1. The van der Waals surface area contributed by atoms with Gasteiger partial charge in [-0.15, -0.1) is 0 Å². The molecule has 0 atom stereocenters. The molecule has 0 saturated carbocycles. The monoisotopic (exact) mass is 409 g/mol. The molecule has 0 saturated heterocycles. The number of anilines is 1. The number of rotatable bonds is 5. The summed E-state index contributed by atoms with van der Waals surface area (Å²) in [5, 5.41) is 0. The maximum atomic E-state index is 13.5. The van der Waals surface area contributed by atoms with Crippen LogP contribution in [0.3, 0.4) is 0 Å². The molecular formula is C26H26F3N. The van der Waals surface area contributed by atoms with E-state index in [1.807, 2.05) is 36.4 Å². The van der Waals surface area contributed by atoms with Crippen molar-refractivity contribution in [2.75, 3.05) is 11.4 Å². The Bertz CT molecular complexity index is 952. The highest BCUT2D eigenvalue weighted by Crippen LogP contribution is 2.50. The van der Waals surface area contributed by atoms with Crippen LogP contribution in [-0.2, 0) is 11.6 Å². The minimum atomic E-state index is -4.34. The average molecular weight is 409 g/mol. The van der Waals surface area contributed by atoms with Crippen LogP contribution in [0.5, 0.6) is 0 Å². The molecular weight excluding hydrogens is 383 g/mol. The van der Waals surface area contributed by atoms with Crippen LogP contribution in [-0.4, -0.2) is 6.54 Å². The summed E-state index contributed by atoms with van der Waals surface area (Å²) in [6.07, 6.45) is -2.75. The molecule has 3 aromatic rings. The SMILES string of the molecule is CCC1(CC)CN(C(c2ccccc2)c2ccccc2)c2ccc(C(F)(F)F)cc21. The molecule has 0 bridgehead atoms. The molecule has 0 spiro atoms. The number of hydrogen-bond acceptors (Lipinski definition) is 1. The minimum absolute atomic E-state index is 0.0529. The first kappa shape index (κ1) is 20.5. The van der Waals surface area contributed by atoms with Gasteiger partial charge in [0.1, 0.15) is 0 Å². The van der Waals surface area contributed by atoms with E-state index in [9.17, 15) is 13.2 Å². The molecule has 156 valence electrons. The van der Waals surface area contributed by atoms with Crippen molar-refractivity contribution in [1.29, 1.82) is 0 Å². The molecule has 1 heterocycles. The molecule has 0 amide bonds. The summed E-state index contributed by atoms with van der Waals surface area (Å²) in [7, 11) is 0. The topological polar surface area (TPSA) is 3.24 Å². The van der Waals surface area contributed by atoms with Gasteiger partial charge in [0, 0.05) is 17.6 Å². The molecule has 0 N–H and O–H groups in total. The molecule has 4 heteroatoms. The zero-order valence-corrected chi connectivity index (χ0v) is 17.3. The fourth-order valence-electron chi connectivity index (χ4n) is 4.79. The van der Waals surface area contributed by atoms with Gasteiger partial charge in [-0.1, -0.05) is 74.5 Å². The van der Waals surface area contributed by atoms with Crippen molar-refractivity contribution in [3.8, 4) is 0 Å². The lowest BCUT2D eigenvalue weighted by atomic mass is 9.77. The summed E-state index contributed by atoms with van der Waals surface area (Å²) in [5.74, 6) is 0. The number of benzene rings is 3. The molecule has 1 aliphatic heterocycles. The van der Waals surface area contributed by atoms with Crippen LogP contribution in [0.25, 0.3) is 0 Å². The fraction of sp³-hybridized carbons (Fsp3) is 0.308. The van der Waals surface area contributed by atoms with Crippen molar-refractivity contribution in [3.63, 3.8) is 0 Å². The molecule has 3 aromatic carbocycles. The van der Waals surface area contributed by atoms with Gasteiger partial charge in [-0.3, -0.25) is 0 Å². The van der Waals surface area contributed by atoms with E-state index in [2.05, 4.69) is 43.0 Å². The van der Waals surface area contributed by atoms with Gasteiger partial charge in [0.25, 0.3) is 0 Å². The highest BCUT2D eigenvalue weighted by Gasteiger charge is 2.44. The van der Waals surface area contributed by atoms with E-state index in [0.717, 1.165) is 35.2 Å². The summed E-state index contributed by atoms with van der Waals surface area (Å²) in [4.78, 5) is 2.30. The van der Waals surface area contributed by atoms with Crippen molar-refractivity contribution in [2.24, 2.45) is 0 Å². The Hall–Kier alpha value is -2.75. The van der Waals surface area contributed by atoms with Gasteiger partial charge in [-0.05, 0) is 47.7 Å². The molecule has 0 aliphatic carbocycles. The second-order valence-electron chi connectivity index (χ2n) is 8.07. The van der Waals surface area contributed by atoms with Gasteiger partial charge in [-0.25, -0.2) is 0 Å². The maximum absolute atomic E-state index is 13.5. The first-order valence-electron chi connectivity index (χ1n) is 10.5. The molecule has 4 rings (SSSR count). The lowest BCUT2D eigenvalue weighted by Gasteiger charge is -2.34. The Kier molecular flexibility index (Phi) is 5.35. The first-order chi connectivity index (χ1) is 14.4. The third-order valence-electron chi connectivity index (χ3n) is 6.57. The zero-order chi connectivity index (χ0) is 21.4. The summed E-state index contributed by atoms with van der Waals surface area (Å²) >= 11 is 0. The Morgan fingerprint density at radius 2 is 1.37 bits per heavy atom. The highest BCUT2D eigenvalue weighted by molar-refractivity contribution is 5.66. The molecule has 30 heavy (non-hydrogen) atoms. The number of alkyl halides is 3. The standard InChI is InChI=1S/C26H26F3N/c1-3-25(4-2)18-30(23-16-15-21(17-22(23)25)26(27,28)29)24(19-11-7-5-8-12-19)20-13-9-6-10-14-20/h5-17,24H,3-4,18H2,1-2H3. The second-order valence-corrected chi connectivity index (χ2v) is 8.07. The van der Waals surface area contributed by atoms with Gasteiger partial charge in [-0.2, -0.15) is 13.2 Å². The van der Waals surface area contributed by atoms with Crippen LogP contribution in [0.2, 0.25) is 0 Å². The predicted octanol–water partition coefficient (Wildman–Crippen LogP) is 7.37. The lowest BCUT2D eigenvalue weighted by Crippen LogP contribution is -2.35. The van der Waals surface area contributed by atoms with Crippen LogP contribution in [0, 0.1) is 0 Å². The summed E-state index contributed by atoms with van der Waals surface area (Å²) in [6.45, 7) is 4.86. The van der Waals surface area contributed by atoms with Gasteiger partial charge in [0.05, 0.1) is 11.6 Å². The number of hydrogen-bond donors (Lipinski definition) is 0. The Morgan fingerprint density at radius 3 is 1.83 bits per heavy atom. The van der Waals surface area contributed by atoms with Gasteiger partial charge in [0.15, 0.2) is 0 Å². The summed E-state index contributed by atoms with van der Waals surface area (Å²) < 4.78 is 40.5. The van der Waals surface area contributed by atoms with Crippen LogP contribution >= 0.6 is 0 Å². The van der Waals surface area contributed by atoms with E-state index in [0.29, 0.717) is 6.54 Å². The van der Waals surface area contributed by atoms with Gasteiger partial charge >= 0.3 is 6.18 Å². The highest BCUT2D eigenvalue weighted by atomic mass is 19.4. The molecule has 1 aliphatic rings. The van der Waals surface area contributed by atoms with Crippen LogP contribution < -0.4 is 4.90 Å². The van der Waals surface area contributed by atoms with E-state index in [1.54, 1.807) is 6.07 Å². The summed E-state index contributed by atoms with van der Waals surface area (Å²) in [5.41, 5.74) is 3.14. The Morgan fingerprint density at radius 1 is 0.833 bits per heavy atom. The summed E-state index contributed by atoms with van der Waals surface area (Å²) in [6, 6.07) is 24.6. The average Bonchev–Trinajstić information content (AvgIpc) is 3.09. The zero-order valence-electron chi connectivity index (χ0n) is 17.3. The van der Waals surface area contributed by atoms with E-state index in [4.69, 9.17) is 0 Å². The normalized spacial score (nSPS) is 15.5. The van der Waals surface area contributed by atoms with Crippen molar-refractivity contribution < 1.29 is 13.2 Å². The van der Waals surface area contributed by atoms with Gasteiger partial charge < -0.3 is 4.90 Å². The minimum Gasteiger partial charge on any atom is -0.359 e. The Labute approximate surface area is 176 Å². The molecule has 1 nitrogen and oxygen atoms in total. The molecule has 0 unspecified atom stereocenters. The van der Waals surface area contributed by atoms with Crippen molar-refractivity contribution in [3.05, 3.63) is 101 Å². The van der Waals surface area contributed by atoms with E-state index >= 15 is 0 Å². The lowest BCUT2D eigenvalue weighted by molar-refractivity contribution is -0.137. The molecule has 0 fully saturated rings. The van der Waals surface area contributed by atoms with Crippen LogP contribution in [0.1, 0.15) is 55.0 Å². The van der Waals surface area contributed by atoms with Crippen LogP contribution in [0.15, 0.2) is 78.9 Å². The first-order valence-corrected chi connectivity index (χ1v) is 10.5. The number of nitrogens with zero attached hydrogens (tertiary/aromatic N) is 1. The maximum Gasteiger partial charge on any atom is 0.416 e. The van der Waals surface area contributed by atoms with E-state index in [1.165, 1.54) is 12.1 Å². The van der Waals surface area contributed by atoms with Crippen molar-refractivity contribution in [1.82, 2.24) is 0 Å². The Balaban J connectivity index is 1.90. The fourth-order valence-corrected chi connectivity index (χ4v) is 4.79. The smallest absolute Gasteiger partial charge is 0.359 e. The molecule has 0 radical (unpaired) electrons. The van der Waals surface area contributed by atoms with Gasteiger partial charge in [0.2, 0.25) is 0 Å². The second kappa shape index (κ2) is 7.82. The largest absolute Gasteiger partial charge is 0.416 e.